The van der Waals surface area contributed by atoms with Crippen molar-refractivity contribution in [3.8, 4) is 23.0 Å². The summed E-state index contributed by atoms with van der Waals surface area (Å²) in [5.41, 5.74) is 0.830. The molecule has 0 atom stereocenters. The molecule has 1 aromatic heterocycles. The van der Waals surface area contributed by atoms with Gasteiger partial charge < -0.3 is 28.3 Å². The molecule has 0 saturated heterocycles. The van der Waals surface area contributed by atoms with Gasteiger partial charge in [0.15, 0.2) is 16.3 Å². The molecule has 0 fully saturated rings. The monoisotopic (exact) mass is 446 g/mol. The van der Waals surface area contributed by atoms with Gasteiger partial charge in [0.2, 0.25) is 0 Å². The summed E-state index contributed by atoms with van der Waals surface area (Å²) in [5, 5.41) is 0. The molecule has 9 nitrogen and oxygen atoms in total. The first-order chi connectivity index (χ1) is 15.0. The lowest BCUT2D eigenvalue weighted by Crippen LogP contribution is -2.22. The number of ether oxygens (including phenoxy) is 5. The van der Waals surface area contributed by atoms with E-state index in [0.29, 0.717) is 33.3 Å². The average Bonchev–Trinajstić information content (AvgIpc) is 3.12. The molecule has 0 unspecified atom stereocenters. The predicted octanol–water partition coefficient (Wildman–Crippen LogP) is 2.65. The van der Waals surface area contributed by atoms with Crippen molar-refractivity contribution < 1.29 is 33.3 Å². The van der Waals surface area contributed by atoms with Gasteiger partial charge in [-0.25, -0.2) is 0 Å². The maximum Gasteiger partial charge on any atom is 0.325 e. The fourth-order valence-electron chi connectivity index (χ4n) is 3.03. The Hall–Kier alpha value is -3.53. The van der Waals surface area contributed by atoms with E-state index in [4.69, 9.17) is 23.7 Å². The fourth-order valence-corrected chi connectivity index (χ4v) is 4.07. The number of fused-ring (bicyclic) bond motifs is 1. The zero-order chi connectivity index (χ0) is 22.5. The summed E-state index contributed by atoms with van der Waals surface area (Å²) in [7, 11) is 7.26. The highest BCUT2D eigenvalue weighted by Gasteiger charge is 2.20. The van der Waals surface area contributed by atoms with Crippen molar-refractivity contribution in [2.45, 2.75) is 6.54 Å². The molecule has 0 radical (unpaired) electrons. The molecule has 0 aliphatic carbocycles. The van der Waals surface area contributed by atoms with E-state index in [9.17, 15) is 9.59 Å². The third-order valence-corrected chi connectivity index (χ3v) is 5.58. The van der Waals surface area contributed by atoms with Crippen LogP contribution in [0, 0.1) is 0 Å². The molecule has 3 rings (SSSR count). The number of benzene rings is 2. The first-order valence-corrected chi connectivity index (χ1v) is 9.91. The summed E-state index contributed by atoms with van der Waals surface area (Å²) in [5.74, 6) is 0.604. The zero-order valence-electron chi connectivity index (χ0n) is 17.8. The first kappa shape index (κ1) is 22.2. The van der Waals surface area contributed by atoms with Crippen molar-refractivity contribution in [1.82, 2.24) is 4.57 Å². The topological polar surface area (TPSA) is 97.6 Å². The molecular weight excluding hydrogens is 424 g/mol. The number of aromatic nitrogens is 1. The number of thiazole rings is 1. The van der Waals surface area contributed by atoms with E-state index in [1.807, 2.05) is 0 Å². The molecule has 164 valence electrons. The van der Waals surface area contributed by atoms with Crippen molar-refractivity contribution in [2.75, 3.05) is 35.5 Å². The summed E-state index contributed by atoms with van der Waals surface area (Å²) in [6.07, 6.45) is 0. The van der Waals surface area contributed by atoms with Crippen LogP contribution in [-0.2, 0) is 16.1 Å². The molecule has 10 heteroatoms. The Labute approximate surface area is 182 Å². The number of hydrogen-bond donors (Lipinski definition) is 0. The second-order valence-corrected chi connectivity index (χ2v) is 7.19. The van der Waals surface area contributed by atoms with Crippen molar-refractivity contribution in [3.63, 3.8) is 0 Å². The molecule has 1 heterocycles. The second kappa shape index (κ2) is 9.52. The SMILES string of the molecule is COC(=O)Cn1c(=NC(=O)c2c(OC)cccc2OC)sc2cc(OC)c(OC)cc21. The largest absolute Gasteiger partial charge is 0.496 e. The van der Waals surface area contributed by atoms with Gasteiger partial charge in [0.25, 0.3) is 5.91 Å². The number of hydrogen-bond acceptors (Lipinski definition) is 8. The highest BCUT2D eigenvalue weighted by Crippen LogP contribution is 2.34. The Bertz CT molecular complexity index is 1170. The Morgan fingerprint density at radius 2 is 1.48 bits per heavy atom. The normalized spacial score (nSPS) is 11.3. The van der Waals surface area contributed by atoms with Crippen LogP contribution in [-0.4, -0.2) is 52.0 Å². The molecule has 0 aliphatic heterocycles. The molecule has 1 amide bonds. The van der Waals surface area contributed by atoms with Gasteiger partial charge >= 0.3 is 5.97 Å². The van der Waals surface area contributed by atoms with Crippen LogP contribution in [0.3, 0.4) is 0 Å². The smallest absolute Gasteiger partial charge is 0.325 e. The van der Waals surface area contributed by atoms with E-state index in [-0.39, 0.29) is 12.1 Å². The minimum absolute atomic E-state index is 0.138. The van der Waals surface area contributed by atoms with E-state index in [2.05, 4.69) is 4.99 Å². The van der Waals surface area contributed by atoms with Crippen LogP contribution in [0.15, 0.2) is 35.3 Å². The van der Waals surface area contributed by atoms with Gasteiger partial charge in [0.05, 0.1) is 45.8 Å². The summed E-state index contributed by atoms with van der Waals surface area (Å²) < 4.78 is 28.5. The zero-order valence-corrected chi connectivity index (χ0v) is 18.6. The van der Waals surface area contributed by atoms with E-state index in [0.717, 1.165) is 4.70 Å². The Morgan fingerprint density at radius 3 is 2.03 bits per heavy atom. The lowest BCUT2D eigenvalue weighted by molar-refractivity contribution is -0.141. The lowest BCUT2D eigenvalue weighted by Gasteiger charge is -2.10. The van der Waals surface area contributed by atoms with Crippen LogP contribution in [0.2, 0.25) is 0 Å². The van der Waals surface area contributed by atoms with Crippen LogP contribution >= 0.6 is 11.3 Å². The summed E-state index contributed by atoms with van der Waals surface area (Å²) >= 11 is 1.23. The highest BCUT2D eigenvalue weighted by molar-refractivity contribution is 7.16. The maximum absolute atomic E-state index is 13.1. The van der Waals surface area contributed by atoms with Gasteiger partial charge in [-0.05, 0) is 12.1 Å². The van der Waals surface area contributed by atoms with Gasteiger partial charge in [0, 0.05) is 12.1 Å². The molecule has 2 aromatic carbocycles. The van der Waals surface area contributed by atoms with Crippen molar-refractivity contribution in [1.29, 1.82) is 0 Å². The van der Waals surface area contributed by atoms with Gasteiger partial charge in [0.1, 0.15) is 23.6 Å². The number of carbonyl (C=O) groups excluding carboxylic acids is 2. The number of esters is 1. The quantitative estimate of drug-likeness (QED) is 0.515. The summed E-state index contributed by atoms with van der Waals surface area (Å²) in [6, 6.07) is 8.49. The molecule has 31 heavy (non-hydrogen) atoms. The van der Waals surface area contributed by atoms with Gasteiger partial charge in [-0.3, -0.25) is 9.59 Å². The Kier molecular flexibility index (Phi) is 6.81. The van der Waals surface area contributed by atoms with E-state index < -0.39 is 11.9 Å². The minimum Gasteiger partial charge on any atom is -0.496 e. The number of rotatable bonds is 7. The summed E-state index contributed by atoms with van der Waals surface area (Å²) in [4.78, 5) is 29.7. The van der Waals surface area contributed by atoms with Crippen LogP contribution in [0.1, 0.15) is 10.4 Å². The Balaban J connectivity index is 2.25. The third-order valence-electron chi connectivity index (χ3n) is 4.54. The number of nitrogens with zero attached hydrogens (tertiary/aromatic N) is 2. The van der Waals surface area contributed by atoms with Crippen molar-refractivity contribution >= 4 is 33.4 Å². The van der Waals surface area contributed by atoms with E-state index in [1.165, 1.54) is 46.9 Å². The lowest BCUT2D eigenvalue weighted by atomic mass is 10.1. The molecule has 0 spiro atoms. The van der Waals surface area contributed by atoms with E-state index >= 15 is 0 Å². The van der Waals surface area contributed by atoms with Crippen LogP contribution in [0.25, 0.3) is 10.2 Å². The molecule has 0 bridgehead atoms. The average molecular weight is 446 g/mol. The number of carbonyl (C=O) groups is 2. The maximum atomic E-state index is 13.1. The van der Waals surface area contributed by atoms with Crippen molar-refractivity contribution in [2.24, 2.45) is 4.99 Å². The Morgan fingerprint density at radius 1 is 0.903 bits per heavy atom. The van der Waals surface area contributed by atoms with Crippen LogP contribution < -0.4 is 23.7 Å². The van der Waals surface area contributed by atoms with Gasteiger partial charge in [-0.1, -0.05) is 17.4 Å². The standard InChI is InChI=1S/C21H22N2O7S/c1-26-13-7-6-8-14(27-2)19(13)20(25)22-21-23(11-18(24)30-5)12-9-15(28-3)16(29-4)10-17(12)31-21/h6-10H,11H2,1-5H3. The highest BCUT2D eigenvalue weighted by atomic mass is 32.1. The van der Waals surface area contributed by atoms with Crippen LogP contribution in [0.5, 0.6) is 23.0 Å². The van der Waals surface area contributed by atoms with Gasteiger partial charge in [-0.2, -0.15) is 4.99 Å². The molecule has 0 aliphatic rings. The molecule has 3 aromatic rings. The first-order valence-electron chi connectivity index (χ1n) is 9.09. The predicted molar refractivity (Wildman–Crippen MR) is 114 cm³/mol. The molecule has 0 saturated carbocycles. The number of amides is 1. The van der Waals surface area contributed by atoms with Crippen molar-refractivity contribution in [3.05, 3.63) is 40.7 Å². The van der Waals surface area contributed by atoms with E-state index in [1.54, 1.807) is 34.9 Å². The molecule has 0 N–H and O–H groups in total. The summed E-state index contributed by atoms with van der Waals surface area (Å²) in [6.45, 7) is -0.138. The number of methoxy groups -OCH3 is 5. The van der Waals surface area contributed by atoms with Crippen LogP contribution in [0.4, 0.5) is 0 Å². The van der Waals surface area contributed by atoms with Gasteiger partial charge in [-0.15, -0.1) is 0 Å². The second-order valence-electron chi connectivity index (χ2n) is 6.18. The minimum atomic E-state index is -0.571. The fraction of sp³-hybridized carbons (Fsp3) is 0.286. The molecular formula is C21H22N2O7S. The third kappa shape index (κ3) is 4.33.